The molecule has 2 bridgehead atoms. The van der Waals surface area contributed by atoms with Gasteiger partial charge >= 0.3 is 0 Å². The lowest BCUT2D eigenvalue weighted by Crippen LogP contribution is -2.43. The van der Waals surface area contributed by atoms with E-state index < -0.39 is 23.5 Å². The summed E-state index contributed by atoms with van der Waals surface area (Å²) < 4.78 is 19.2. The van der Waals surface area contributed by atoms with E-state index in [4.69, 9.17) is 16.3 Å². The van der Waals surface area contributed by atoms with Gasteiger partial charge in [0.2, 0.25) is 11.8 Å². The van der Waals surface area contributed by atoms with Crippen LogP contribution in [-0.4, -0.2) is 35.0 Å². The number of likely N-dealkylation sites (tertiary alicyclic amines) is 1. The molecule has 154 valence electrons. The molecule has 4 atom stereocenters. The zero-order chi connectivity index (χ0) is 20.9. The van der Waals surface area contributed by atoms with Gasteiger partial charge in [-0.3, -0.25) is 9.59 Å². The maximum atomic E-state index is 13.3. The Morgan fingerprint density at radius 2 is 2.00 bits per heavy atom. The molecule has 2 saturated heterocycles. The van der Waals surface area contributed by atoms with Crippen LogP contribution in [0.15, 0.2) is 60.7 Å². The average Bonchev–Trinajstić information content (AvgIpc) is 3.37. The van der Waals surface area contributed by atoms with Crippen molar-refractivity contribution in [3.8, 4) is 0 Å². The predicted molar refractivity (Wildman–Crippen MR) is 109 cm³/mol. The summed E-state index contributed by atoms with van der Waals surface area (Å²) in [5, 5.41) is 3.49. The van der Waals surface area contributed by atoms with Gasteiger partial charge in [0.05, 0.1) is 24.5 Å². The summed E-state index contributed by atoms with van der Waals surface area (Å²) in [5.74, 6) is -1.78. The molecule has 5 rings (SSSR count). The first kappa shape index (κ1) is 19.3. The molecule has 0 radical (unpaired) electrons. The largest absolute Gasteiger partial charge is 0.360 e. The number of ether oxygens (including phenoxy) is 1. The fourth-order valence-electron chi connectivity index (χ4n) is 4.75. The number of hydrogen-bond acceptors (Lipinski definition) is 3. The standard InChI is InChI=1S/C23H20ClFN2O3/c24-17-4-2-1-3-15(17)12-27-13-23-10-9-18(30-23)19(20(23)22(27)29)21(28)26-11-14-5-7-16(25)8-6-14/h1-10,18-20H,11-13H2,(H,26,28)/t18-,19+,20-,23+/m0/s1. The molecule has 3 heterocycles. The highest BCUT2D eigenvalue weighted by Gasteiger charge is 2.66. The molecule has 0 saturated carbocycles. The Balaban J connectivity index is 1.32. The Hall–Kier alpha value is -2.70. The van der Waals surface area contributed by atoms with Gasteiger partial charge in [-0.05, 0) is 29.3 Å². The van der Waals surface area contributed by atoms with Crippen LogP contribution in [0.25, 0.3) is 0 Å². The number of carbonyl (C=O) groups excluding carboxylic acids is 2. The number of nitrogens with one attached hydrogen (secondary N) is 1. The van der Waals surface area contributed by atoms with E-state index in [1.807, 2.05) is 30.4 Å². The van der Waals surface area contributed by atoms with Crippen molar-refractivity contribution in [2.24, 2.45) is 11.8 Å². The van der Waals surface area contributed by atoms with Crippen LogP contribution in [0.2, 0.25) is 5.02 Å². The molecule has 3 aliphatic heterocycles. The molecule has 2 fully saturated rings. The van der Waals surface area contributed by atoms with Gasteiger partial charge in [0.15, 0.2) is 0 Å². The summed E-state index contributed by atoms with van der Waals surface area (Å²) in [5.41, 5.74) is 0.887. The molecule has 0 aromatic heterocycles. The quantitative estimate of drug-likeness (QED) is 0.747. The zero-order valence-corrected chi connectivity index (χ0v) is 16.8. The van der Waals surface area contributed by atoms with E-state index in [1.165, 1.54) is 12.1 Å². The van der Waals surface area contributed by atoms with Gasteiger partial charge in [-0.15, -0.1) is 0 Å². The van der Waals surface area contributed by atoms with Gasteiger partial charge in [0.25, 0.3) is 0 Å². The van der Waals surface area contributed by atoms with E-state index in [0.717, 1.165) is 11.1 Å². The smallest absolute Gasteiger partial charge is 0.230 e. The summed E-state index contributed by atoms with van der Waals surface area (Å²) in [4.78, 5) is 28.0. The Bertz CT molecular complexity index is 1040. The number of fused-ring (bicyclic) bond motifs is 1. The average molecular weight is 427 g/mol. The lowest BCUT2D eigenvalue weighted by Gasteiger charge is -2.23. The van der Waals surface area contributed by atoms with Crippen molar-refractivity contribution in [3.63, 3.8) is 0 Å². The minimum atomic E-state index is -0.763. The lowest BCUT2D eigenvalue weighted by atomic mass is 9.77. The molecule has 3 aliphatic rings. The number of nitrogens with zero attached hydrogens (tertiary/aromatic N) is 1. The number of amides is 2. The molecule has 1 N–H and O–H groups in total. The molecule has 7 heteroatoms. The predicted octanol–water partition coefficient (Wildman–Crippen LogP) is 3.08. The third kappa shape index (κ3) is 3.11. The fraction of sp³-hybridized carbons (Fsp3) is 0.304. The van der Waals surface area contributed by atoms with Crippen LogP contribution in [0.3, 0.4) is 0 Å². The van der Waals surface area contributed by atoms with Crippen molar-refractivity contribution < 1.29 is 18.7 Å². The summed E-state index contributed by atoms with van der Waals surface area (Å²) in [6, 6.07) is 13.4. The molecule has 1 spiro atoms. The molecule has 0 aliphatic carbocycles. The van der Waals surface area contributed by atoms with Crippen molar-refractivity contribution in [2.45, 2.75) is 24.8 Å². The van der Waals surface area contributed by atoms with Crippen LogP contribution in [-0.2, 0) is 27.4 Å². The van der Waals surface area contributed by atoms with E-state index in [2.05, 4.69) is 5.32 Å². The van der Waals surface area contributed by atoms with Crippen LogP contribution in [0.4, 0.5) is 4.39 Å². The maximum absolute atomic E-state index is 13.3. The second-order valence-corrected chi connectivity index (χ2v) is 8.44. The first-order chi connectivity index (χ1) is 14.5. The minimum absolute atomic E-state index is 0.0938. The van der Waals surface area contributed by atoms with E-state index in [9.17, 15) is 14.0 Å². The van der Waals surface area contributed by atoms with Crippen molar-refractivity contribution in [1.29, 1.82) is 0 Å². The maximum Gasteiger partial charge on any atom is 0.230 e. The van der Waals surface area contributed by atoms with Gasteiger partial charge in [0.1, 0.15) is 11.4 Å². The molecular formula is C23H20ClFN2O3. The van der Waals surface area contributed by atoms with Gasteiger partial charge < -0.3 is 15.0 Å². The highest BCUT2D eigenvalue weighted by atomic mass is 35.5. The van der Waals surface area contributed by atoms with E-state index in [0.29, 0.717) is 18.1 Å². The molecule has 2 aromatic rings. The number of carbonyl (C=O) groups is 2. The van der Waals surface area contributed by atoms with Gasteiger partial charge in [0, 0.05) is 18.1 Å². The van der Waals surface area contributed by atoms with E-state index in [1.54, 1.807) is 23.1 Å². The third-order valence-electron chi connectivity index (χ3n) is 6.18. The first-order valence-corrected chi connectivity index (χ1v) is 10.3. The molecule has 0 unspecified atom stereocenters. The van der Waals surface area contributed by atoms with Crippen molar-refractivity contribution in [3.05, 3.63) is 82.6 Å². The highest BCUT2D eigenvalue weighted by molar-refractivity contribution is 6.31. The van der Waals surface area contributed by atoms with Crippen LogP contribution in [0, 0.1) is 17.7 Å². The topological polar surface area (TPSA) is 58.6 Å². The Kier molecular flexibility index (Phi) is 4.64. The summed E-state index contributed by atoms with van der Waals surface area (Å²) >= 11 is 6.27. The molecule has 30 heavy (non-hydrogen) atoms. The summed E-state index contributed by atoms with van der Waals surface area (Å²) in [6.07, 6.45) is 3.40. The number of halogens is 2. The van der Waals surface area contributed by atoms with Gasteiger partial charge in [-0.25, -0.2) is 4.39 Å². The van der Waals surface area contributed by atoms with Crippen molar-refractivity contribution >= 4 is 23.4 Å². The van der Waals surface area contributed by atoms with E-state index in [-0.39, 0.29) is 24.2 Å². The number of benzene rings is 2. The number of rotatable bonds is 5. The first-order valence-electron chi connectivity index (χ1n) is 9.88. The van der Waals surface area contributed by atoms with Crippen LogP contribution in [0.1, 0.15) is 11.1 Å². The minimum Gasteiger partial charge on any atom is -0.360 e. The monoisotopic (exact) mass is 426 g/mol. The van der Waals surface area contributed by atoms with Gasteiger partial charge in [-0.1, -0.05) is 54.1 Å². The van der Waals surface area contributed by atoms with E-state index >= 15 is 0 Å². The van der Waals surface area contributed by atoms with Crippen LogP contribution >= 0.6 is 11.6 Å². The molecule has 2 aromatic carbocycles. The lowest BCUT2D eigenvalue weighted by molar-refractivity contribution is -0.137. The van der Waals surface area contributed by atoms with Crippen LogP contribution in [0.5, 0.6) is 0 Å². The Morgan fingerprint density at radius 3 is 2.77 bits per heavy atom. The molecule has 2 amide bonds. The third-order valence-corrected chi connectivity index (χ3v) is 6.55. The normalized spacial score (nSPS) is 28.8. The fourth-order valence-corrected chi connectivity index (χ4v) is 4.95. The summed E-state index contributed by atoms with van der Waals surface area (Å²) in [6.45, 7) is 1.04. The second kappa shape index (κ2) is 7.22. The zero-order valence-electron chi connectivity index (χ0n) is 16.1. The SMILES string of the molecule is O=C(NCc1ccc(F)cc1)[C@@H]1[C@@H]2C=C[C@]3(CN(Cc4ccccc4Cl)C(=O)[C@H]13)O2. The van der Waals surface area contributed by atoms with Crippen molar-refractivity contribution in [1.82, 2.24) is 10.2 Å². The highest BCUT2D eigenvalue weighted by Crippen LogP contribution is 2.52. The second-order valence-electron chi connectivity index (χ2n) is 8.03. The molecule has 5 nitrogen and oxygen atoms in total. The van der Waals surface area contributed by atoms with Crippen LogP contribution < -0.4 is 5.32 Å². The van der Waals surface area contributed by atoms with Crippen molar-refractivity contribution in [2.75, 3.05) is 6.54 Å². The molecular weight excluding hydrogens is 407 g/mol. The Labute approximate surface area is 178 Å². The van der Waals surface area contributed by atoms with Gasteiger partial charge in [-0.2, -0.15) is 0 Å². The number of hydrogen-bond donors (Lipinski definition) is 1. The summed E-state index contributed by atoms with van der Waals surface area (Å²) in [7, 11) is 0. The Morgan fingerprint density at radius 1 is 1.23 bits per heavy atom.